The number of benzene rings is 4. The second-order valence-corrected chi connectivity index (χ2v) is 13.0. The van der Waals surface area contributed by atoms with Gasteiger partial charge in [0, 0.05) is 31.5 Å². The van der Waals surface area contributed by atoms with Crippen LogP contribution in [0.25, 0.3) is 21.5 Å². The van der Waals surface area contributed by atoms with E-state index in [1.54, 1.807) is 4.90 Å². The van der Waals surface area contributed by atoms with Gasteiger partial charge in [-0.3, -0.25) is 4.79 Å². The maximum atomic E-state index is 13.5. The molecule has 4 aromatic carbocycles. The highest BCUT2D eigenvalue weighted by Gasteiger charge is 2.30. The Labute approximate surface area is 260 Å². The van der Waals surface area contributed by atoms with E-state index in [-0.39, 0.29) is 36.5 Å². The van der Waals surface area contributed by atoms with Gasteiger partial charge in [0.2, 0.25) is 5.91 Å². The number of fused-ring (bicyclic) bond motifs is 2. The molecule has 230 valence electrons. The molecule has 5 rings (SSSR count). The highest BCUT2D eigenvalue weighted by molar-refractivity contribution is 5.84. The lowest BCUT2D eigenvalue weighted by atomic mass is 9.94. The van der Waals surface area contributed by atoms with Crippen molar-refractivity contribution in [3.05, 3.63) is 108 Å². The summed E-state index contributed by atoms with van der Waals surface area (Å²) in [6, 6.07) is 29.2. The van der Waals surface area contributed by atoms with Gasteiger partial charge in [0.1, 0.15) is 5.60 Å². The van der Waals surface area contributed by atoms with Crippen molar-refractivity contribution in [2.45, 2.75) is 58.1 Å². The Morgan fingerprint density at radius 2 is 1.39 bits per heavy atom. The average Bonchev–Trinajstić information content (AvgIpc) is 3.02. The molecule has 0 radical (unpaired) electrons. The first-order valence-corrected chi connectivity index (χ1v) is 15.7. The molecule has 6 nitrogen and oxygen atoms in total. The molecule has 2 amide bonds. The number of piperidine rings is 1. The maximum Gasteiger partial charge on any atom is 0.410 e. The van der Waals surface area contributed by atoms with Crippen LogP contribution in [0.2, 0.25) is 0 Å². The van der Waals surface area contributed by atoms with E-state index < -0.39 is 5.60 Å². The van der Waals surface area contributed by atoms with Crippen molar-refractivity contribution in [3.63, 3.8) is 0 Å². The lowest BCUT2D eigenvalue weighted by Crippen LogP contribution is -2.46. The van der Waals surface area contributed by atoms with Gasteiger partial charge in [-0.25, -0.2) is 4.79 Å². The van der Waals surface area contributed by atoms with Crippen LogP contribution in [0.3, 0.4) is 0 Å². The van der Waals surface area contributed by atoms with Crippen molar-refractivity contribution in [3.8, 4) is 0 Å². The van der Waals surface area contributed by atoms with Crippen LogP contribution in [0, 0.1) is 11.8 Å². The molecule has 0 aromatic heterocycles. The molecular formula is C38H44N2O4. The summed E-state index contributed by atoms with van der Waals surface area (Å²) in [4.78, 5) is 27.7. The number of hydrogen-bond acceptors (Lipinski definition) is 4. The number of carbonyl (C=O) groups is 2. The standard InChI is InChI=1S/C38H44N2O4/c1-38(2,3)44-37(43)40-20-18-32(19-21-40)36(42)39-35(25-28-13-16-31-9-5-7-11-34(31)24-28)17-14-29(26-41)22-27-12-15-30-8-4-6-10-33(30)23-27/h4-17,23-24,29,32,35,41H,18-22,25-26H2,1-3H3,(H,39,42)/t29?,35-/m0/s1. The Morgan fingerprint density at radius 3 is 1.93 bits per heavy atom. The second-order valence-electron chi connectivity index (χ2n) is 13.0. The number of nitrogens with zero attached hydrogens (tertiary/aromatic N) is 1. The van der Waals surface area contributed by atoms with Gasteiger partial charge in [0.05, 0.1) is 6.04 Å². The summed E-state index contributed by atoms with van der Waals surface area (Å²) in [5, 5.41) is 18.3. The fourth-order valence-corrected chi connectivity index (χ4v) is 5.89. The summed E-state index contributed by atoms with van der Waals surface area (Å²) in [7, 11) is 0. The molecule has 44 heavy (non-hydrogen) atoms. The zero-order valence-corrected chi connectivity index (χ0v) is 26.0. The second kappa shape index (κ2) is 14.1. The molecule has 1 saturated heterocycles. The Hall–Kier alpha value is -4.16. The van der Waals surface area contributed by atoms with Crippen molar-refractivity contribution in [1.29, 1.82) is 0 Å². The molecule has 1 unspecified atom stereocenters. The van der Waals surface area contributed by atoms with Gasteiger partial charge in [-0.2, -0.15) is 0 Å². The summed E-state index contributed by atoms with van der Waals surface area (Å²) in [6.45, 7) is 6.59. The zero-order chi connectivity index (χ0) is 31.1. The largest absolute Gasteiger partial charge is 0.444 e. The Kier molecular flexibility index (Phi) is 10.0. The lowest BCUT2D eigenvalue weighted by molar-refractivity contribution is -0.126. The number of ether oxygens (including phenoxy) is 1. The lowest BCUT2D eigenvalue weighted by Gasteiger charge is -2.33. The van der Waals surface area contributed by atoms with Crippen LogP contribution >= 0.6 is 0 Å². The minimum absolute atomic E-state index is 0.000597. The quantitative estimate of drug-likeness (QED) is 0.204. The van der Waals surface area contributed by atoms with Crippen molar-refractivity contribution >= 4 is 33.5 Å². The SMILES string of the molecule is CC(C)(C)OC(=O)N1CCC(C(=O)N[C@@H](C=CC(CO)Cc2ccc3ccccc3c2)Cc2ccc3ccccc3c2)CC1. The summed E-state index contributed by atoms with van der Waals surface area (Å²) in [5.74, 6) is -0.254. The van der Waals surface area contributed by atoms with Gasteiger partial charge in [-0.1, -0.05) is 97.1 Å². The molecule has 0 saturated carbocycles. The number of hydrogen-bond donors (Lipinski definition) is 2. The van der Waals surface area contributed by atoms with Gasteiger partial charge in [-0.05, 0) is 79.1 Å². The van der Waals surface area contributed by atoms with Crippen LogP contribution < -0.4 is 5.32 Å². The van der Waals surface area contributed by atoms with E-state index in [0.29, 0.717) is 38.8 Å². The van der Waals surface area contributed by atoms with Crippen LogP contribution in [0.5, 0.6) is 0 Å². The predicted molar refractivity (Wildman–Crippen MR) is 177 cm³/mol. The number of rotatable bonds is 9. The number of aliphatic hydroxyl groups excluding tert-OH is 1. The molecule has 1 heterocycles. The third kappa shape index (κ3) is 8.48. The first kappa shape index (κ1) is 31.3. The van der Waals surface area contributed by atoms with Crippen molar-refractivity contribution in [1.82, 2.24) is 10.2 Å². The van der Waals surface area contributed by atoms with E-state index in [9.17, 15) is 14.7 Å². The topological polar surface area (TPSA) is 78.9 Å². The first-order valence-electron chi connectivity index (χ1n) is 15.7. The van der Waals surface area contributed by atoms with E-state index in [4.69, 9.17) is 4.74 Å². The van der Waals surface area contributed by atoms with Crippen LogP contribution in [0.4, 0.5) is 4.79 Å². The third-order valence-corrected chi connectivity index (χ3v) is 8.28. The summed E-state index contributed by atoms with van der Waals surface area (Å²) >= 11 is 0. The van der Waals surface area contributed by atoms with E-state index in [2.05, 4.69) is 66.0 Å². The number of aliphatic hydroxyl groups is 1. The van der Waals surface area contributed by atoms with Gasteiger partial charge >= 0.3 is 6.09 Å². The molecule has 1 fully saturated rings. The summed E-state index contributed by atoms with van der Waals surface area (Å²) < 4.78 is 5.52. The van der Waals surface area contributed by atoms with Gasteiger partial charge in [-0.15, -0.1) is 0 Å². The molecule has 6 heteroatoms. The van der Waals surface area contributed by atoms with Gasteiger partial charge < -0.3 is 20.1 Å². The predicted octanol–water partition coefficient (Wildman–Crippen LogP) is 7.07. The molecule has 1 aliphatic rings. The Balaban J connectivity index is 1.28. The van der Waals surface area contributed by atoms with Crippen molar-refractivity contribution in [2.24, 2.45) is 11.8 Å². The number of likely N-dealkylation sites (tertiary alicyclic amines) is 1. The Bertz CT molecular complexity index is 1610. The highest BCUT2D eigenvalue weighted by atomic mass is 16.6. The van der Waals surface area contributed by atoms with E-state index in [1.165, 1.54) is 21.7 Å². The number of amides is 2. The monoisotopic (exact) mass is 592 g/mol. The van der Waals surface area contributed by atoms with Crippen LogP contribution in [0.15, 0.2) is 97.1 Å². The zero-order valence-electron chi connectivity index (χ0n) is 26.0. The minimum Gasteiger partial charge on any atom is -0.444 e. The maximum absolute atomic E-state index is 13.5. The molecule has 2 atom stereocenters. The van der Waals surface area contributed by atoms with Crippen LogP contribution in [0.1, 0.15) is 44.7 Å². The molecule has 4 aromatic rings. The normalized spacial score (nSPS) is 15.9. The third-order valence-electron chi connectivity index (χ3n) is 8.28. The fourth-order valence-electron chi connectivity index (χ4n) is 5.89. The smallest absolute Gasteiger partial charge is 0.410 e. The van der Waals surface area contributed by atoms with Gasteiger partial charge in [0.25, 0.3) is 0 Å². The average molecular weight is 593 g/mol. The molecule has 2 N–H and O–H groups in total. The van der Waals surface area contributed by atoms with Crippen molar-refractivity contribution in [2.75, 3.05) is 19.7 Å². The highest BCUT2D eigenvalue weighted by Crippen LogP contribution is 2.23. The van der Waals surface area contributed by atoms with Crippen LogP contribution in [-0.2, 0) is 22.4 Å². The number of nitrogens with one attached hydrogen (secondary N) is 1. The first-order chi connectivity index (χ1) is 21.2. The Morgan fingerprint density at radius 1 is 0.841 bits per heavy atom. The molecule has 0 bridgehead atoms. The minimum atomic E-state index is -0.547. The fraction of sp³-hybridized carbons (Fsp3) is 0.368. The van der Waals surface area contributed by atoms with Crippen molar-refractivity contribution < 1.29 is 19.4 Å². The van der Waals surface area contributed by atoms with E-state index in [0.717, 1.165) is 10.9 Å². The number of carbonyl (C=O) groups excluding carboxylic acids is 2. The molecule has 1 aliphatic heterocycles. The molecule has 0 spiro atoms. The molecular weight excluding hydrogens is 548 g/mol. The van der Waals surface area contributed by atoms with Gasteiger partial charge in [0.15, 0.2) is 0 Å². The van der Waals surface area contributed by atoms with E-state index in [1.807, 2.05) is 57.2 Å². The summed E-state index contributed by atoms with van der Waals surface area (Å²) in [5.41, 5.74) is 1.75. The van der Waals surface area contributed by atoms with E-state index >= 15 is 0 Å². The molecule has 0 aliphatic carbocycles. The van der Waals surface area contributed by atoms with Crippen LogP contribution in [-0.4, -0.2) is 53.3 Å². The summed E-state index contributed by atoms with van der Waals surface area (Å²) in [6.07, 6.45) is 6.30.